The number of aryl methyl sites for hydroxylation is 1. The van der Waals surface area contributed by atoms with Crippen LogP contribution in [-0.2, 0) is 13.6 Å². The van der Waals surface area contributed by atoms with Gasteiger partial charge in [-0.15, -0.1) is 0 Å². The molecule has 1 aromatic heterocycles. The van der Waals surface area contributed by atoms with Gasteiger partial charge in [-0.25, -0.2) is 0 Å². The summed E-state index contributed by atoms with van der Waals surface area (Å²) in [6.45, 7) is 0.533. The molecule has 0 aliphatic heterocycles. The number of hydrogen-bond donors (Lipinski definition) is 2. The van der Waals surface area contributed by atoms with E-state index in [1.807, 2.05) is 20.2 Å². The van der Waals surface area contributed by atoms with E-state index < -0.39 is 0 Å². The van der Waals surface area contributed by atoms with E-state index in [0.29, 0.717) is 6.54 Å². The first kappa shape index (κ1) is 7.08. The third kappa shape index (κ3) is 1.11. The summed E-state index contributed by atoms with van der Waals surface area (Å²) in [4.78, 5) is 0. The summed E-state index contributed by atoms with van der Waals surface area (Å²) in [6.07, 6.45) is 0. The topological polar surface area (TPSA) is 55.9 Å². The van der Waals surface area contributed by atoms with Crippen LogP contribution in [0.5, 0.6) is 0 Å². The number of aromatic nitrogens is 2. The van der Waals surface area contributed by atoms with Crippen molar-refractivity contribution in [2.24, 2.45) is 12.8 Å². The highest BCUT2D eigenvalue weighted by Crippen LogP contribution is 2.05. The van der Waals surface area contributed by atoms with Crippen LogP contribution >= 0.6 is 0 Å². The first-order chi connectivity index (χ1) is 4.77. The van der Waals surface area contributed by atoms with Gasteiger partial charge in [0.2, 0.25) is 0 Å². The fraction of sp³-hybridized carbons (Fsp3) is 0.500. The summed E-state index contributed by atoms with van der Waals surface area (Å²) >= 11 is 0. The molecule has 0 aliphatic rings. The molecule has 4 heteroatoms. The highest BCUT2D eigenvalue weighted by atomic mass is 15.3. The number of nitrogens with zero attached hydrogens (tertiary/aromatic N) is 2. The van der Waals surface area contributed by atoms with Gasteiger partial charge in [0.15, 0.2) is 0 Å². The zero-order chi connectivity index (χ0) is 7.56. The van der Waals surface area contributed by atoms with Crippen molar-refractivity contribution in [3.63, 3.8) is 0 Å². The molecule has 0 atom stereocenters. The minimum atomic E-state index is 0.533. The summed E-state index contributed by atoms with van der Waals surface area (Å²) in [5.41, 5.74) is 6.46. The van der Waals surface area contributed by atoms with Crippen molar-refractivity contribution in [2.45, 2.75) is 6.54 Å². The van der Waals surface area contributed by atoms with Crippen molar-refractivity contribution < 1.29 is 0 Å². The lowest BCUT2D eigenvalue weighted by molar-refractivity contribution is 0.714. The molecule has 56 valence electrons. The summed E-state index contributed by atoms with van der Waals surface area (Å²) in [5.74, 6) is 0.864. The Morgan fingerprint density at radius 2 is 2.50 bits per heavy atom. The van der Waals surface area contributed by atoms with E-state index in [1.165, 1.54) is 0 Å². The molecular formula is C6H12N4. The molecule has 0 radical (unpaired) electrons. The maximum absolute atomic E-state index is 5.43. The number of anilines is 1. The zero-order valence-electron chi connectivity index (χ0n) is 6.26. The van der Waals surface area contributed by atoms with Crippen LogP contribution in [0.2, 0.25) is 0 Å². The second-order valence-corrected chi connectivity index (χ2v) is 2.10. The van der Waals surface area contributed by atoms with Crippen molar-refractivity contribution in [1.29, 1.82) is 0 Å². The smallest absolute Gasteiger partial charge is 0.148 e. The predicted molar refractivity (Wildman–Crippen MR) is 40.6 cm³/mol. The van der Waals surface area contributed by atoms with Crippen molar-refractivity contribution in [3.8, 4) is 0 Å². The molecular weight excluding hydrogens is 128 g/mol. The molecule has 4 nitrogen and oxygen atoms in total. The Morgan fingerprint density at radius 3 is 2.80 bits per heavy atom. The van der Waals surface area contributed by atoms with Gasteiger partial charge in [-0.2, -0.15) is 5.10 Å². The molecule has 0 amide bonds. The van der Waals surface area contributed by atoms with Crippen LogP contribution in [0.4, 0.5) is 5.82 Å². The Labute approximate surface area is 60.0 Å². The summed E-state index contributed by atoms with van der Waals surface area (Å²) in [5, 5.41) is 7.06. The van der Waals surface area contributed by atoms with Crippen LogP contribution in [0, 0.1) is 0 Å². The fourth-order valence-electron chi connectivity index (χ4n) is 0.819. The van der Waals surface area contributed by atoms with Gasteiger partial charge in [0.25, 0.3) is 0 Å². The molecule has 0 saturated heterocycles. The Kier molecular flexibility index (Phi) is 1.91. The van der Waals surface area contributed by atoms with Crippen molar-refractivity contribution in [2.75, 3.05) is 12.4 Å². The van der Waals surface area contributed by atoms with E-state index in [-0.39, 0.29) is 0 Å². The number of rotatable bonds is 2. The number of nitrogens with two attached hydrogens (primary N) is 1. The van der Waals surface area contributed by atoms with Crippen molar-refractivity contribution in [1.82, 2.24) is 9.78 Å². The van der Waals surface area contributed by atoms with E-state index in [2.05, 4.69) is 10.4 Å². The molecule has 10 heavy (non-hydrogen) atoms. The van der Waals surface area contributed by atoms with Gasteiger partial charge in [0.1, 0.15) is 5.82 Å². The predicted octanol–water partition coefficient (Wildman–Crippen LogP) is -0.0795. The molecule has 1 rings (SSSR count). The van der Waals surface area contributed by atoms with Crippen molar-refractivity contribution >= 4 is 5.82 Å². The molecule has 0 saturated carbocycles. The number of nitrogens with one attached hydrogen (secondary N) is 1. The van der Waals surface area contributed by atoms with Gasteiger partial charge in [-0.05, 0) is 0 Å². The monoisotopic (exact) mass is 140 g/mol. The maximum atomic E-state index is 5.43. The molecule has 1 heterocycles. The van der Waals surface area contributed by atoms with E-state index in [9.17, 15) is 0 Å². The minimum absolute atomic E-state index is 0.533. The van der Waals surface area contributed by atoms with Gasteiger partial charge >= 0.3 is 0 Å². The quantitative estimate of drug-likeness (QED) is 0.604. The lowest BCUT2D eigenvalue weighted by atomic mass is 10.4. The Hall–Kier alpha value is -1.03. The lowest BCUT2D eigenvalue weighted by Crippen LogP contribution is -2.03. The van der Waals surface area contributed by atoms with E-state index >= 15 is 0 Å². The van der Waals surface area contributed by atoms with Gasteiger partial charge in [-0.1, -0.05) is 0 Å². The van der Waals surface area contributed by atoms with Crippen molar-refractivity contribution in [3.05, 3.63) is 11.8 Å². The second-order valence-electron chi connectivity index (χ2n) is 2.10. The van der Waals surface area contributed by atoms with E-state index in [4.69, 9.17) is 5.73 Å². The Morgan fingerprint density at radius 1 is 1.80 bits per heavy atom. The highest BCUT2D eigenvalue weighted by molar-refractivity contribution is 5.34. The van der Waals surface area contributed by atoms with Crippen LogP contribution in [0.25, 0.3) is 0 Å². The van der Waals surface area contributed by atoms with Crippen LogP contribution in [-0.4, -0.2) is 16.8 Å². The van der Waals surface area contributed by atoms with Crippen LogP contribution < -0.4 is 11.1 Å². The summed E-state index contributed by atoms with van der Waals surface area (Å²) in [6, 6.07) is 1.93. The average Bonchev–Trinajstić information content (AvgIpc) is 2.30. The zero-order valence-corrected chi connectivity index (χ0v) is 6.26. The van der Waals surface area contributed by atoms with E-state index in [0.717, 1.165) is 11.5 Å². The number of hydrogen-bond acceptors (Lipinski definition) is 3. The third-order valence-electron chi connectivity index (χ3n) is 1.44. The molecule has 1 aromatic rings. The second kappa shape index (κ2) is 2.70. The molecule has 3 N–H and O–H groups in total. The van der Waals surface area contributed by atoms with Crippen LogP contribution in [0.1, 0.15) is 5.69 Å². The third-order valence-corrected chi connectivity index (χ3v) is 1.44. The molecule has 0 unspecified atom stereocenters. The summed E-state index contributed by atoms with van der Waals surface area (Å²) in [7, 11) is 3.71. The largest absolute Gasteiger partial charge is 0.372 e. The SMILES string of the molecule is CNc1cc(CN)n(C)n1. The molecule has 0 spiro atoms. The van der Waals surface area contributed by atoms with Gasteiger partial charge < -0.3 is 11.1 Å². The van der Waals surface area contributed by atoms with Crippen LogP contribution in [0.15, 0.2) is 6.07 Å². The maximum Gasteiger partial charge on any atom is 0.148 e. The lowest BCUT2D eigenvalue weighted by Gasteiger charge is -1.92. The van der Waals surface area contributed by atoms with Gasteiger partial charge in [0.05, 0.1) is 5.69 Å². The summed E-state index contributed by atoms with van der Waals surface area (Å²) < 4.78 is 1.77. The first-order valence-electron chi connectivity index (χ1n) is 3.18. The minimum Gasteiger partial charge on any atom is -0.372 e. The molecule has 0 aliphatic carbocycles. The van der Waals surface area contributed by atoms with Gasteiger partial charge in [0, 0.05) is 26.7 Å². The van der Waals surface area contributed by atoms with E-state index in [1.54, 1.807) is 4.68 Å². The first-order valence-corrected chi connectivity index (χ1v) is 3.18. The molecule has 0 aromatic carbocycles. The molecule has 0 bridgehead atoms. The Balaban J connectivity index is 2.92. The van der Waals surface area contributed by atoms with Gasteiger partial charge in [-0.3, -0.25) is 4.68 Å². The standard InChI is InChI=1S/C6H12N4/c1-8-6-3-5(4-7)10(2)9-6/h3H,4,7H2,1-2H3,(H,8,9). The molecule has 0 fully saturated rings. The van der Waals surface area contributed by atoms with Crippen LogP contribution in [0.3, 0.4) is 0 Å². The normalized spacial score (nSPS) is 9.90. The fourth-order valence-corrected chi connectivity index (χ4v) is 0.819. The highest BCUT2D eigenvalue weighted by Gasteiger charge is 1.99. The Bertz CT molecular complexity index is 216. The average molecular weight is 140 g/mol.